The SMILES string of the molecule is C=C(Nc1cncc(C(N)=O)c1)C(=O)NCCCC(C)CC. The standard InChI is InChI=1S/C16H24N4O2/c1-4-11(2)6-5-7-19-16(22)12(3)20-14-8-13(15(17)21)9-18-10-14/h8-11,20H,3-7H2,1-2H3,(H2,17,21)(H,19,22). The van der Waals surface area contributed by atoms with Crippen molar-refractivity contribution >= 4 is 17.5 Å². The van der Waals surface area contributed by atoms with Crippen LogP contribution in [-0.2, 0) is 4.79 Å². The summed E-state index contributed by atoms with van der Waals surface area (Å²) in [6.07, 6.45) is 6.03. The molecule has 0 saturated carbocycles. The lowest BCUT2D eigenvalue weighted by Crippen LogP contribution is -2.28. The largest absolute Gasteiger partial charge is 0.366 e. The Morgan fingerprint density at radius 3 is 2.77 bits per heavy atom. The summed E-state index contributed by atoms with van der Waals surface area (Å²) in [5, 5.41) is 5.63. The van der Waals surface area contributed by atoms with Crippen LogP contribution in [0.2, 0.25) is 0 Å². The molecule has 1 aromatic rings. The van der Waals surface area contributed by atoms with Crippen molar-refractivity contribution in [2.75, 3.05) is 11.9 Å². The average Bonchev–Trinajstić information content (AvgIpc) is 2.51. The van der Waals surface area contributed by atoms with E-state index in [0.717, 1.165) is 19.3 Å². The Hall–Kier alpha value is -2.37. The first kappa shape index (κ1) is 17.7. The van der Waals surface area contributed by atoms with Gasteiger partial charge in [0.05, 0.1) is 23.1 Å². The molecule has 1 heterocycles. The second kappa shape index (κ2) is 8.81. The van der Waals surface area contributed by atoms with Gasteiger partial charge in [0.1, 0.15) is 0 Å². The second-order valence-electron chi connectivity index (χ2n) is 5.34. The molecule has 0 bridgehead atoms. The monoisotopic (exact) mass is 304 g/mol. The van der Waals surface area contributed by atoms with Gasteiger partial charge < -0.3 is 16.4 Å². The maximum absolute atomic E-state index is 11.9. The van der Waals surface area contributed by atoms with Crippen LogP contribution >= 0.6 is 0 Å². The molecule has 4 N–H and O–H groups in total. The molecule has 0 aromatic carbocycles. The highest BCUT2D eigenvalue weighted by molar-refractivity contribution is 5.96. The number of aromatic nitrogens is 1. The minimum Gasteiger partial charge on any atom is -0.366 e. The van der Waals surface area contributed by atoms with Crippen LogP contribution in [0.15, 0.2) is 30.7 Å². The molecule has 0 aliphatic heterocycles. The van der Waals surface area contributed by atoms with Crippen molar-refractivity contribution in [3.63, 3.8) is 0 Å². The van der Waals surface area contributed by atoms with Crippen LogP contribution in [0.1, 0.15) is 43.5 Å². The number of amides is 2. The number of nitrogens with zero attached hydrogens (tertiary/aromatic N) is 1. The molecule has 1 atom stereocenters. The lowest BCUT2D eigenvalue weighted by Gasteiger charge is -2.11. The van der Waals surface area contributed by atoms with Crippen LogP contribution in [-0.4, -0.2) is 23.3 Å². The number of carbonyl (C=O) groups excluding carboxylic acids is 2. The van der Waals surface area contributed by atoms with E-state index in [1.54, 1.807) is 0 Å². The second-order valence-corrected chi connectivity index (χ2v) is 5.34. The van der Waals surface area contributed by atoms with E-state index in [4.69, 9.17) is 5.73 Å². The van der Waals surface area contributed by atoms with Crippen molar-refractivity contribution in [1.82, 2.24) is 10.3 Å². The predicted octanol–water partition coefficient (Wildman–Crippen LogP) is 2.05. The molecule has 6 nitrogen and oxygen atoms in total. The van der Waals surface area contributed by atoms with Gasteiger partial charge in [0.15, 0.2) is 0 Å². The number of rotatable bonds is 9. The van der Waals surface area contributed by atoms with Gasteiger partial charge in [-0.1, -0.05) is 26.8 Å². The Labute approximate surface area is 131 Å². The molecule has 22 heavy (non-hydrogen) atoms. The van der Waals surface area contributed by atoms with E-state index >= 15 is 0 Å². The highest BCUT2D eigenvalue weighted by Crippen LogP contribution is 2.11. The molecule has 1 aromatic heterocycles. The van der Waals surface area contributed by atoms with Crippen LogP contribution in [0.4, 0.5) is 5.69 Å². The normalized spacial score (nSPS) is 11.5. The van der Waals surface area contributed by atoms with Gasteiger partial charge >= 0.3 is 0 Å². The molecule has 0 spiro atoms. The Morgan fingerprint density at radius 1 is 1.41 bits per heavy atom. The number of anilines is 1. The van der Waals surface area contributed by atoms with Gasteiger partial charge in [0.25, 0.3) is 5.91 Å². The summed E-state index contributed by atoms with van der Waals surface area (Å²) in [5.74, 6) is -0.175. The molecule has 0 aliphatic rings. The number of carbonyl (C=O) groups is 2. The Bertz CT molecular complexity index is 543. The molecule has 2 amide bonds. The molecule has 0 saturated heterocycles. The lowest BCUT2D eigenvalue weighted by atomic mass is 10.0. The van der Waals surface area contributed by atoms with E-state index in [1.807, 2.05) is 0 Å². The van der Waals surface area contributed by atoms with Crippen molar-refractivity contribution in [2.45, 2.75) is 33.1 Å². The topological polar surface area (TPSA) is 97.1 Å². The number of hydrogen-bond donors (Lipinski definition) is 3. The Balaban J connectivity index is 2.42. The Kier molecular flexibility index (Phi) is 7.08. The van der Waals surface area contributed by atoms with Crippen molar-refractivity contribution in [3.05, 3.63) is 36.3 Å². The summed E-state index contributed by atoms with van der Waals surface area (Å²) < 4.78 is 0. The predicted molar refractivity (Wildman–Crippen MR) is 87.2 cm³/mol. The van der Waals surface area contributed by atoms with E-state index in [0.29, 0.717) is 18.2 Å². The van der Waals surface area contributed by atoms with E-state index < -0.39 is 5.91 Å². The van der Waals surface area contributed by atoms with Crippen LogP contribution in [0, 0.1) is 5.92 Å². The first-order valence-electron chi connectivity index (χ1n) is 7.43. The van der Waals surface area contributed by atoms with E-state index in [1.165, 1.54) is 18.5 Å². The highest BCUT2D eigenvalue weighted by atomic mass is 16.2. The number of nitrogens with one attached hydrogen (secondary N) is 2. The summed E-state index contributed by atoms with van der Waals surface area (Å²) in [5.41, 5.74) is 6.15. The van der Waals surface area contributed by atoms with Crippen molar-refractivity contribution in [1.29, 1.82) is 0 Å². The molecule has 0 fully saturated rings. The summed E-state index contributed by atoms with van der Waals surface area (Å²) in [4.78, 5) is 26.9. The third kappa shape index (κ3) is 5.95. The zero-order chi connectivity index (χ0) is 16.5. The van der Waals surface area contributed by atoms with E-state index in [9.17, 15) is 9.59 Å². The molecule has 0 aliphatic carbocycles. The zero-order valence-electron chi connectivity index (χ0n) is 13.2. The molecule has 0 radical (unpaired) electrons. The Morgan fingerprint density at radius 2 is 2.14 bits per heavy atom. The van der Waals surface area contributed by atoms with Gasteiger partial charge in [-0.3, -0.25) is 14.6 Å². The number of nitrogens with two attached hydrogens (primary N) is 1. The molecule has 120 valence electrons. The van der Waals surface area contributed by atoms with E-state index in [-0.39, 0.29) is 17.2 Å². The lowest BCUT2D eigenvalue weighted by molar-refractivity contribution is -0.117. The number of primary amides is 1. The molecule has 1 unspecified atom stereocenters. The van der Waals surface area contributed by atoms with Crippen LogP contribution in [0.25, 0.3) is 0 Å². The molecular weight excluding hydrogens is 280 g/mol. The maximum atomic E-state index is 11.9. The van der Waals surface area contributed by atoms with Gasteiger partial charge in [-0.25, -0.2) is 0 Å². The summed E-state index contributed by atoms with van der Waals surface area (Å²) in [6.45, 7) is 8.65. The highest BCUT2D eigenvalue weighted by Gasteiger charge is 2.08. The van der Waals surface area contributed by atoms with Gasteiger partial charge in [0, 0.05) is 12.7 Å². The number of pyridine rings is 1. The van der Waals surface area contributed by atoms with Crippen LogP contribution < -0.4 is 16.4 Å². The fraction of sp³-hybridized carbons (Fsp3) is 0.438. The fourth-order valence-corrected chi connectivity index (χ4v) is 1.84. The third-order valence-electron chi connectivity index (χ3n) is 3.45. The van der Waals surface area contributed by atoms with E-state index in [2.05, 4.69) is 36.0 Å². The smallest absolute Gasteiger partial charge is 0.267 e. The minimum atomic E-state index is -0.573. The molecular formula is C16H24N4O2. The van der Waals surface area contributed by atoms with Gasteiger partial charge in [-0.15, -0.1) is 0 Å². The third-order valence-corrected chi connectivity index (χ3v) is 3.45. The number of hydrogen-bond acceptors (Lipinski definition) is 4. The molecule has 1 rings (SSSR count). The first-order valence-corrected chi connectivity index (χ1v) is 7.43. The average molecular weight is 304 g/mol. The first-order chi connectivity index (χ1) is 10.4. The maximum Gasteiger partial charge on any atom is 0.267 e. The van der Waals surface area contributed by atoms with Crippen LogP contribution in [0.3, 0.4) is 0 Å². The molecule has 6 heteroatoms. The minimum absolute atomic E-state index is 0.201. The summed E-state index contributed by atoms with van der Waals surface area (Å²) in [7, 11) is 0. The van der Waals surface area contributed by atoms with Crippen molar-refractivity contribution < 1.29 is 9.59 Å². The quantitative estimate of drug-likeness (QED) is 0.480. The van der Waals surface area contributed by atoms with Crippen LogP contribution in [0.5, 0.6) is 0 Å². The van der Waals surface area contributed by atoms with Crippen molar-refractivity contribution in [3.8, 4) is 0 Å². The van der Waals surface area contributed by atoms with Gasteiger partial charge in [-0.05, 0) is 24.8 Å². The van der Waals surface area contributed by atoms with Crippen molar-refractivity contribution in [2.24, 2.45) is 11.7 Å². The zero-order valence-corrected chi connectivity index (χ0v) is 13.2. The summed E-state index contributed by atoms with van der Waals surface area (Å²) in [6, 6.07) is 1.52. The van der Waals surface area contributed by atoms with Gasteiger partial charge in [-0.2, -0.15) is 0 Å². The fourth-order valence-electron chi connectivity index (χ4n) is 1.84. The van der Waals surface area contributed by atoms with Gasteiger partial charge in [0.2, 0.25) is 5.91 Å². The summed E-state index contributed by atoms with van der Waals surface area (Å²) >= 11 is 0.